The minimum Gasteiger partial charge on any atom is -0.462 e. The Labute approximate surface area is 181 Å². The van der Waals surface area contributed by atoms with E-state index in [1.807, 2.05) is 32.9 Å². The van der Waals surface area contributed by atoms with Gasteiger partial charge in [0, 0.05) is 37.7 Å². The third-order valence-corrected chi connectivity index (χ3v) is 5.26. The maximum atomic E-state index is 13.2. The fraction of sp³-hybridized carbons (Fsp3) is 0.500. The number of carbonyl (C=O) groups is 1. The molecule has 1 aliphatic heterocycles. The number of fused-ring (bicyclic) bond motifs is 1. The second kappa shape index (κ2) is 9.71. The van der Waals surface area contributed by atoms with E-state index in [4.69, 9.17) is 11.6 Å². The Balaban J connectivity index is 0.000000318. The monoisotopic (exact) mass is 434 g/mol. The van der Waals surface area contributed by atoms with Gasteiger partial charge in [-0.25, -0.2) is 14.4 Å². The smallest absolute Gasteiger partial charge is 0.293 e. The van der Waals surface area contributed by atoms with Gasteiger partial charge in [0.05, 0.1) is 5.69 Å². The minimum absolute atomic E-state index is 0.174. The number of ether oxygens (including phenoxy) is 1. The molecule has 4 rings (SSSR count). The Morgan fingerprint density at radius 2 is 1.87 bits per heavy atom. The van der Waals surface area contributed by atoms with Crippen molar-refractivity contribution < 1.29 is 13.9 Å². The fourth-order valence-corrected chi connectivity index (χ4v) is 3.89. The summed E-state index contributed by atoms with van der Waals surface area (Å²) in [6.45, 7) is 9.70. The Morgan fingerprint density at radius 3 is 2.43 bits per heavy atom. The van der Waals surface area contributed by atoms with Crippen LogP contribution < -0.4 is 10.2 Å². The molecule has 6 nitrogen and oxygen atoms in total. The number of aromatic nitrogens is 2. The van der Waals surface area contributed by atoms with Crippen LogP contribution in [0.3, 0.4) is 0 Å². The molecule has 1 fully saturated rings. The maximum absolute atomic E-state index is 13.2. The number of anilines is 1. The highest BCUT2D eigenvalue weighted by molar-refractivity contribution is 6.28. The molecule has 0 radical (unpaired) electrons. The van der Waals surface area contributed by atoms with Crippen LogP contribution in [0, 0.1) is 5.82 Å². The van der Waals surface area contributed by atoms with Crippen LogP contribution in [0.15, 0.2) is 24.3 Å². The highest BCUT2D eigenvalue weighted by atomic mass is 35.5. The average molecular weight is 435 g/mol. The van der Waals surface area contributed by atoms with E-state index in [0.717, 1.165) is 56.1 Å². The van der Waals surface area contributed by atoms with Crippen molar-refractivity contribution in [2.24, 2.45) is 0 Å². The number of piperazine rings is 1. The highest BCUT2D eigenvalue weighted by Crippen LogP contribution is 2.41. The summed E-state index contributed by atoms with van der Waals surface area (Å²) >= 11 is 6.20. The first-order valence-electron chi connectivity index (χ1n) is 10.2. The van der Waals surface area contributed by atoms with Gasteiger partial charge in [-0.2, -0.15) is 0 Å². The van der Waals surface area contributed by atoms with Gasteiger partial charge < -0.3 is 15.0 Å². The van der Waals surface area contributed by atoms with E-state index in [0.29, 0.717) is 11.8 Å². The zero-order chi connectivity index (χ0) is 21.7. The van der Waals surface area contributed by atoms with Crippen LogP contribution in [0.25, 0.3) is 0 Å². The molecule has 2 heterocycles. The minimum atomic E-state index is -0.318. The van der Waals surface area contributed by atoms with E-state index >= 15 is 0 Å². The lowest BCUT2D eigenvalue weighted by Gasteiger charge is -2.30. The van der Waals surface area contributed by atoms with Crippen LogP contribution in [-0.4, -0.2) is 48.2 Å². The van der Waals surface area contributed by atoms with Crippen LogP contribution in [-0.2, 0) is 16.0 Å². The lowest BCUT2D eigenvalue weighted by molar-refractivity contribution is -0.138. The number of halogens is 2. The van der Waals surface area contributed by atoms with Crippen LogP contribution in [0.5, 0.6) is 0 Å². The van der Waals surface area contributed by atoms with Crippen molar-refractivity contribution >= 4 is 23.9 Å². The van der Waals surface area contributed by atoms with E-state index in [1.54, 1.807) is 0 Å². The van der Waals surface area contributed by atoms with Crippen LogP contribution in [0.1, 0.15) is 49.9 Å². The topological polar surface area (TPSA) is 67.3 Å². The normalized spacial score (nSPS) is 18.3. The molecule has 0 spiro atoms. The quantitative estimate of drug-likeness (QED) is 0.586. The van der Waals surface area contributed by atoms with Crippen molar-refractivity contribution in [2.45, 2.75) is 45.1 Å². The fourth-order valence-electron chi connectivity index (χ4n) is 3.72. The SMILES string of the molecule is CC(C)(C)OC=O.Fc1ccc(C2CCc3c2nc(Cl)nc3N2CCNCC2)cc1. The first-order valence-corrected chi connectivity index (χ1v) is 10.5. The summed E-state index contributed by atoms with van der Waals surface area (Å²) in [5.74, 6) is 0.938. The number of hydrogen-bond acceptors (Lipinski definition) is 6. The third-order valence-electron chi connectivity index (χ3n) is 5.09. The van der Waals surface area contributed by atoms with Gasteiger partial charge in [-0.15, -0.1) is 0 Å². The molecular weight excluding hydrogens is 407 g/mol. The average Bonchev–Trinajstić information content (AvgIpc) is 3.12. The molecule has 0 bridgehead atoms. The molecule has 1 aliphatic carbocycles. The summed E-state index contributed by atoms with van der Waals surface area (Å²) in [5, 5.41) is 3.65. The molecular formula is C22H28ClFN4O2. The van der Waals surface area contributed by atoms with Gasteiger partial charge >= 0.3 is 0 Å². The summed E-state index contributed by atoms with van der Waals surface area (Å²) in [4.78, 5) is 20.9. The lowest BCUT2D eigenvalue weighted by Crippen LogP contribution is -2.44. The molecule has 162 valence electrons. The van der Waals surface area contributed by atoms with Gasteiger partial charge in [0.1, 0.15) is 17.2 Å². The lowest BCUT2D eigenvalue weighted by atomic mass is 9.97. The van der Waals surface area contributed by atoms with Crippen molar-refractivity contribution in [2.75, 3.05) is 31.1 Å². The Bertz CT molecular complexity index is 865. The zero-order valence-electron chi connectivity index (χ0n) is 17.6. The van der Waals surface area contributed by atoms with Crippen molar-refractivity contribution in [3.63, 3.8) is 0 Å². The number of benzene rings is 1. The third kappa shape index (κ3) is 5.67. The van der Waals surface area contributed by atoms with Crippen LogP contribution in [0.2, 0.25) is 5.28 Å². The predicted molar refractivity (Wildman–Crippen MR) is 116 cm³/mol. The second-order valence-corrected chi connectivity index (χ2v) is 8.72. The number of hydrogen-bond donors (Lipinski definition) is 1. The van der Waals surface area contributed by atoms with Gasteiger partial charge in [0.15, 0.2) is 0 Å². The predicted octanol–water partition coefficient (Wildman–Crippen LogP) is 3.71. The molecule has 0 amide bonds. The summed E-state index contributed by atoms with van der Waals surface area (Å²) in [7, 11) is 0. The van der Waals surface area contributed by atoms with Gasteiger partial charge in [0.2, 0.25) is 5.28 Å². The summed E-state index contributed by atoms with van der Waals surface area (Å²) in [6.07, 6.45) is 1.91. The first kappa shape index (κ1) is 22.4. The Morgan fingerprint density at radius 1 is 1.20 bits per heavy atom. The zero-order valence-corrected chi connectivity index (χ0v) is 18.4. The first-order chi connectivity index (χ1) is 14.3. The summed E-state index contributed by atoms with van der Waals surface area (Å²) in [6, 6.07) is 6.70. The molecule has 2 aliphatic rings. The summed E-state index contributed by atoms with van der Waals surface area (Å²) in [5.41, 5.74) is 2.98. The van der Waals surface area contributed by atoms with E-state index in [-0.39, 0.29) is 17.3 Å². The van der Waals surface area contributed by atoms with Gasteiger partial charge in [0.25, 0.3) is 6.47 Å². The molecule has 1 atom stereocenters. The van der Waals surface area contributed by atoms with Gasteiger partial charge in [-0.3, -0.25) is 4.79 Å². The van der Waals surface area contributed by atoms with Crippen LogP contribution in [0.4, 0.5) is 10.2 Å². The molecule has 1 unspecified atom stereocenters. The standard InChI is InChI=1S/C17H18ClFN4.C5H10O2/c18-17-21-15-13(11-1-3-12(19)4-2-11)5-6-14(15)16(22-17)23-9-7-20-8-10-23;1-5(2,3)7-4-6/h1-4,13,20H,5-10H2;4H,1-3H3. The molecule has 30 heavy (non-hydrogen) atoms. The largest absolute Gasteiger partial charge is 0.462 e. The second-order valence-electron chi connectivity index (χ2n) is 8.39. The van der Waals surface area contributed by atoms with Crippen molar-refractivity contribution in [3.8, 4) is 0 Å². The molecule has 1 aromatic carbocycles. The number of carbonyl (C=O) groups excluding carboxylic acids is 1. The van der Waals surface area contributed by atoms with E-state index in [1.165, 1.54) is 17.7 Å². The molecule has 1 N–H and O–H groups in total. The van der Waals surface area contributed by atoms with Crippen molar-refractivity contribution in [1.82, 2.24) is 15.3 Å². The molecule has 8 heteroatoms. The molecule has 0 saturated carbocycles. The highest BCUT2D eigenvalue weighted by Gasteiger charge is 2.31. The Kier molecular flexibility index (Phi) is 7.26. The van der Waals surface area contributed by atoms with Crippen LogP contribution >= 0.6 is 11.6 Å². The van der Waals surface area contributed by atoms with Crippen molar-refractivity contribution in [3.05, 3.63) is 52.2 Å². The van der Waals surface area contributed by atoms with Crippen molar-refractivity contribution in [1.29, 1.82) is 0 Å². The number of nitrogens with zero attached hydrogens (tertiary/aromatic N) is 3. The number of nitrogens with one attached hydrogen (secondary N) is 1. The maximum Gasteiger partial charge on any atom is 0.293 e. The Hall–Kier alpha value is -2.25. The van der Waals surface area contributed by atoms with Gasteiger partial charge in [-0.05, 0) is 62.9 Å². The molecule has 1 saturated heterocycles. The molecule has 1 aromatic heterocycles. The van der Waals surface area contributed by atoms with Gasteiger partial charge in [-0.1, -0.05) is 12.1 Å². The van der Waals surface area contributed by atoms with E-state index < -0.39 is 0 Å². The van der Waals surface area contributed by atoms with E-state index in [9.17, 15) is 9.18 Å². The summed E-state index contributed by atoms with van der Waals surface area (Å²) < 4.78 is 17.7. The van der Waals surface area contributed by atoms with E-state index in [2.05, 4.69) is 24.9 Å². The number of rotatable bonds is 3. The molecule has 2 aromatic rings.